The number of carbonyl (C=O) groups is 2. The van der Waals surface area contributed by atoms with Crippen LogP contribution in [-0.4, -0.2) is 84.0 Å². The number of ether oxygens (including phenoxy) is 1. The molecule has 0 N–H and O–H groups in total. The molecule has 0 saturated carbocycles. The number of piperazine rings is 1. The van der Waals surface area contributed by atoms with Crippen LogP contribution in [0.3, 0.4) is 0 Å². The van der Waals surface area contributed by atoms with E-state index in [0.29, 0.717) is 12.5 Å². The van der Waals surface area contributed by atoms with E-state index in [9.17, 15) is 9.59 Å². The van der Waals surface area contributed by atoms with Crippen molar-refractivity contribution >= 4 is 11.9 Å². The number of likely N-dealkylation sites (tertiary alicyclic amines) is 1. The lowest BCUT2D eigenvalue weighted by Crippen LogP contribution is -2.63. The minimum Gasteiger partial charge on any atom is -0.444 e. The second kappa shape index (κ2) is 9.05. The number of benzene rings is 1. The fourth-order valence-electron chi connectivity index (χ4n) is 3.78. The number of ketones is 1. The first-order valence-electron chi connectivity index (χ1n) is 10.3. The zero-order chi connectivity index (χ0) is 20.1. The monoisotopic (exact) mass is 387 g/mol. The van der Waals surface area contributed by atoms with Gasteiger partial charge in [0.05, 0.1) is 0 Å². The molecule has 154 valence electrons. The highest BCUT2D eigenvalue weighted by atomic mass is 16.6. The van der Waals surface area contributed by atoms with Crippen molar-refractivity contribution in [3.8, 4) is 0 Å². The average Bonchev–Trinajstić information content (AvgIpc) is 2.63. The molecular formula is C22H33N3O3. The summed E-state index contributed by atoms with van der Waals surface area (Å²) in [6.45, 7) is 12.1. The number of hydrogen-bond donors (Lipinski definition) is 0. The zero-order valence-corrected chi connectivity index (χ0v) is 17.4. The molecule has 2 heterocycles. The molecule has 0 radical (unpaired) electrons. The van der Waals surface area contributed by atoms with Gasteiger partial charge in [-0.05, 0) is 33.7 Å². The van der Waals surface area contributed by atoms with Gasteiger partial charge in [-0.2, -0.15) is 0 Å². The SMILES string of the molecule is CC(C)(C)OC(=O)N1CCN(C2CN(CCCC(=O)c3ccccc3)C2)CC1. The van der Waals surface area contributed by atoms with Crippen LogP contribution in [0.25, 0.3) is 0 Å². The number of carbonyl (C=O) groups excluding carboxylic acids is 2. The summed E-state index contributed by atoms with van der Waals surface area (Å²) in [4.78, 5) is 31.0. The van der Waals surface area contributed by atoms with Gasteiger partial charge in [0.1, 0.15) is 5.60 Å². The summed E-state index contributed by atoms with van der Waals surface area (Å²) < 4.78 is 5.46. The summed E-state index contributed by atoms with van der Waals surface area (Å²) in [6, 6.07) is 10.1. The van der Waals surface area contributed by atoms with Crippen molar-refractivity contribution in [3.63, 3.8) is 0 Å². The molecule has 1 aromatic rings. The predicted molar refractivity (Wildman–Crippen MR) is 110 cm³/mol. The normalized spacial score (nSPS) is 19.3. The molecule has 0 aliphatic carbocycles. The standard InChI is InChI=1S/C22H33N3O3/c1-22(2,3)28-21(27)25-14-12-24(13-15-25)19-16-23(17-19)11-7-10-20(26)18-8-5-4-6-9-18/h4-6,8-9,19H,7,10-17H2,1-3H3. The summed E-state index contributed by atoms with van der Waals surface area (Å²) in [5.41, 5.74) is 0.372. The van der Waals surface area contributed by atoms with Crippen LogP contribution in [0.1, 0.15) is 44.0 Å². The van der Waals surface area contributed by atoms with Gasteiger partial charge >= 0.3 is 6.09 Å². The molecular weight excluding hydrogens is 354 g/mol. The second-order valence-corrected chi connectivity index (χ2v) is 8.81. The molecule has 3 rings (SSSR count). The molecule has 1 amide bonds. The fraction of sp³-hybridized carbons (Fsp3) is 0.636. The lowest BCUT2D eigenvalue weighted by atomic mass is 10.0. The van der Waals surface area contributed by atoms with Gasteiger partial charge in [0.25, 0.3) is 0 Å². The Bertz CT molecular complexity index is 657. The van der Waals surface area contributed by atoms with Crippen LogP contribution < -0.4 is 0 Å². The van der Waals surface area contributed by atoms with E-state index in [4.69, 9.17) is 4.74 Å². The molecule has 2 aliphatic rings. The van der Waals surface area contributed by atoms with Crippen molar-refractivity contribution in [3.05, 3.63) is 35.9 Å². The minimum atomic E-state index is -0.440. The molecule has 6 nitrogen and oxygen atoms in total. The first-order valence-corrected chi connectivity index (χ1v) is 10.3. The van der Waals surface area contributed by atoms with Gasteiger partial charge < -0.3 is 14.5 Å². The van der Waals surface area contributed by atoms with Crippen LogP contribution in [0, 0.1) is 0 Å². The molecule has 0 spiro atoms. The maximum atomic E-state index is 12.2. The van der Waals surface area contributed by atoms with E-state index in [1.54, 1.807) is 0 Å². The molecule has 2 saturated heterocycles. The largest absolute Gasteiger partial charge is 0.444 e. The van der Waals surface area contributed by atoms with E-state index in [-0.39, 0.29) is 11.9 Å². The Morgan fingerprint density at radius 1 is 1.04 bits per heavy atom. The predicted octanol–water partition coefficient (Wildman–Crippen LogP) is 2.89. The van der Waals surface area contributed by atoms with Crippen molar-refractivity contribution in [2.45, 2.75) is 45.3 Å². The van der Waals surface area contributed by atoms with E-state index >= 15 is 0 Å². The summed E-state index contributed by atoms with van der Waals surface area (Å²) in [5, 5.41) is 0. The van der Waals surface area contributed by atoms with E-state index in [1.807, 2.05) is 56.0 Å². The summed E-state index contributed by atoms with van der Waals surface area (Å²) in [6.07, 6.45) is 1.32. The lowest BCUT2D eigenvalue weighted by Gasteiger charge is -2.48. The summed E-state index contributed by atoms with van der Waals surface area (Å²) in [7, 11) is 0. The van der Waals surface area contributed by atoms with Crippen LogP contribution in [0.2, 0.25) is 0 Å². The van der Waals surface area contributed by atoms with Gasteiger partial charge in [-0.15, -0.1) is 0 Å². The van der Waals surface area contributed by atoms with Gasteiger partial charge in [0.15, 0.2) is 5.78 Å². The number of Topliss-reactive ketones (excluding diaryl/α,β-unsaturated/α-hetero) is 1. The molecule has 0 atom stereocenters. The zero-order valence-electron chi connectivity index (χ0n) is 17.4. The summed E-state index contributed by atoms with van der Waals surface area (Å²) >= 11 is 0. The van der Waals surface area contributed by atoms with Crippen molar-refractivity contribution in [2.24, 2.45) is 0 Å². The first kappa shape index (κ1) is 20.8. The first-order chi connectivity index (χ1) is 13.3. The molecule has 2 fully saturated rings. The smallest absolute Gasteiger partial charge is 0.410 e. The minimum absolute atomic E-state index is 0.203. The molecule has 0 bridgehead atoms. The Morgan fingerprint density at radius 2 is 1.68 bits per heavy atom. The molecule has 0 unspecified atom stereocenters. The molecule has 28 heavy (non-hydrogen) atoms. The van der Waals surface area contributed by atoms with Crippen LogP contribution in [0.15, 0.2) is 30.3 Å². The number of amides is 1. The Labute approximate surface area is 168 Å². The van der Waals surface area contributed by atoms with Crippen LogP contribution in [0.4, 0.5) is 4.79 Å². The Balaban J connectivity index is 1.30. The molecule has 6 heteroatoms. The van der Waals surface area contributed by atoms with Crippen LogP contribution in [-0.2, 0) is 4.74 Å². The third-order valence-corrected chi connectivity index (χ3v) is 5.39. The van der Waals surface area contributed by atoms with Gasteiger partial charge in [0, 0.05) is 57.3 Å². The Kier molecular flexibility index (Phi) is 6.73. The average molecular weight is 388 g/mol. The quantitative estimate of drug-likeness (QED) is 0.703. The Hall–Kier alpha value is -1.92. The number of nitrogens with zero attached hydrogens (tertiary/aromatic N) is 3. The topological polar surface area (TPSA) is 53.1 Å². The van der Waals surface area contributed by atoms with E-state index in [0.717, 1.165) is 57.8 Å². The van der Waals surface area contributed by atoms with Gasteiger partial charge in [0.2, 0.25) is 0 Å². The van der Waals surface area contributed by atoms with Crippen LogP contribution in [0.5, 0.6) is 0 Å². The van der Waals surface area contributed by atoms with Crippen molar-refractivity contribution in [1.82, 2.24) is 14.7 Å². The van der Waals surface area contributed by atoms with Gasteiger partial charge in [-0.3, -0.25) is 9.69 Å². The number of hydrogen-bond acceptors (Lipinski definition) is 5. The number of rotatable bonds is 6. The molecule has 0 aromatic heterocycles. The maximum Gasteiger partial charge on any atom is 0.410 e. The molecule has 1 aromatic carbocycles. The Morgan fingerprint density at radius 3 is 2.29 bits per heavy atom. The highest BCUT2D eigenvalue weighted by molar-refractivity contribution is 5.95. The highest BCUT2D eigenvalue weighted by Gasteiger charge is 2.34. The van der Waals surface area contributed by atoms with Crippen molar-refractivity contribution < 1.29 is 14.3 Å². The van der Waals surface area contributed by atoms with Crippen LogP contribution >= 0.6 is 0 Å². The molecule has 2 aliphatic heterocycles. The van der Waals surface area contributed by atoms with Gasteiger partial charge in [-0.1, -0.05) is 30.3 Å². The van der Waals surface area contributed by atoms with E-state index in [2.05, 4.69) is 9.80 Å². The van der Waals surface area contributed by atoms with E-state index in [1.165, 1.54) is 0 Å². The van der Waals surface area contributed by atoms with Crippen molar-refractivity contribution in [2.75, 3.05) is 45.8 Å². The van der Waals surface area contributed by atoms with E-state index < -0.39 is 5.60 Å². The third-order valence-electron chi connectivity index (χ3n) is 5.39. The highest BCUT2D eigenvalue weighted by Crippen LogP contribution is 2.19. The van der Waals surface area contributed by atoms with Crippen molar-refractivity contribution in [1.29, 1.82) is 0 Å². The van der Waals surface area contributed by atoms with Gasteiger partial charge in [-0.25, -0.2) is 4.79 Å². The third kappa shape index (κ3) is 5.79. The lowest BCUT2D eigenvalue weighted by molar-refractivity contribution is -0.0125. The fourth-order valence-corrected chi connectivity index (χ4v) is 3.78. The maximum absolute atomic E-state index is 12.2. The summed E-state index contributed by atoms with van der Waals surface area (Å²) in [5.74, 6) is 0.232. The second-order valence-electron chi connectivity index (χ2n) is 8.81.